The van der Waals surface area contributed by atoms with Gasteiger partial charge in [0.1, 0.15) is 6.61 Å². The summed E-state index contributed by atoms with van der Waals surface area (Å²) >= 11 is 0. The summed E-state index contributed by atoms with van der Waals surface area (Å²) in [6.07, 6.45) is 1.07. The van der Waals surface area contributed by atoms with E-state index in [4.69, 9.17) is 9.84 Å². The molecular formula is C10H15NO5. The molecule has 0 aromatic heterocycles. The highest BCUT2D eigenvalue weighted by molar-refractivity contribution is 5.70. The number of carbonyl (C=O) groups is 2. The van der Waals surface area contributed by atoms with Crippen LogP contribution in [0.1, 0.15) is 6.42 Å². The number of alkyl carbamates (subject to hydrolysis) is 1. The standard InChI is InChI=1S/C10H15NO5/c1-2-3-15-10(14)11-5-8-4-7(6-16-8)9(12)13/h2,7-8H,1,3-6H2,(H,11,14)(H,12,13). The number of rotatable bonds is 5. The van der Waals surface area contributed by atoms with Crippen LogP contribution in [0.3, 0.4) is 0 Å². The molecule has 16 heavy (non-hydrogen) atoms. The Labute approximate surface area is 93.2 Å². The van der Waals surface area contributed by atoms with Crippen LogP contribution >= 0.6 is 0 Å². The Morgan fingerprint density at radius 3 is 2.94 bits per heavy atom. The van der Waals surface area contributed by atoms with Crippen LogP contribution in [0.25, 0.3) is 0 Å². The molecule has 0 radical (unpaired) electrons. The van der Waals surface area contributed by atoms with E-state index in [1.165, 1.54) is 6.08 Å². The predicted octanol–water partition coefficient (Wildman–Crippen LogP) is 0.388. The Balaban J connectivity index is 2.17. The van der Waals surface area contributed by atoms with Crippen molar-refractivity contribution in [3.63, 3.8) is 0 Å². The number of amides is 1. The summed E-state index contributed by atoms with van der Waals surface area (Å²) in [5.41, 5.74) is 0. The van der Waals surface area contributed by atoms with Crippen molar-refractivity contribution < 1.29 is 24.2 Å². The van der Waals surface area contributed by atoms with E-state index >= 15 is 0 Å². The molecule has 1 saturated heterocycles. The molecule has 2 unspecified atom stereocenters. The highest BCUT2D eigenvalue weighted by Gasteiger charge is 2.30. The number of hydrogen-bond donors (Lipinski definition) is 2. The monoisotopic (exact) mass is 229 g/mol. The molecule has 0 spiro atoms. The maximum Gasteiger partial charge on any atom is 0.407 e. The lowest BCUT2D eigenvalue weighted by Gasteiger charge is -2.10. The van der Waals surface area contributed by atoms with Crippen LogP contribution < -0.4 is 5.32 Å². The molecule has 0 aliphatic carbocycles. The third-order valence-corrected chi connectivity index (χ3v) is 2.24. The van der Waals surface area contributed by atoms with Gasteiger partial charge in [0.15, 0.2) is 0 Å². The molecule has 0 saturated carbocycles. The molecule has 1 fully saturated rings. The molecule has 1 amide bonds. The van der Waals surface area contributed by atoms with Crippen LogP contribution in [0.15, 0.2) is 12.7 Å². The van der Waals surface area contributed by atoms with Crippen LogP contribution in [0.5, 0.6) is 0 Å². The van der Waals surface area contributed by atoms with Gasteiger partial charge in [0, 0.05) is 6.54 Å². The minimum absolute atomic E-state index is 0.148. The maximum absolute atomic E-state index is 11.0. The van der Waals surface area contributed by atoms with Gasteiger partial charge in [-0.1, -0.05) is 12.7 Å². The lowest BCUT2D eigenvalue weighted by Crippen LogP contribution is -2.32. The highest BCUT2D eigenvalue weighted by Crippen LogP contribution is 2.18. The molecule has 6 heteroatoms. The fourth-order valence-electron chi connectivity index (χ4n) is 1.40. The Hall–Kier alpha value is -1.56. The topological polar surface area (TPSA) is 84.9 Å². The number of ether oxygens (including phenoxy) is 2. The van der Waals surface area contributed by atoms with Gasteiger partial charge < -0.3 is 19.9 Å². The lowest BCUT2D eigenvalue weighted by atomic mass is 10.1. The first kappa shape index (κ1) is 12.5. The van der Waals surface area contributed by atoms with Crippen LogP contribution in [0.4, 0.5) is 4.79 Å². The van der Waals surface area contributed by atoms with Gasteiger partial charge >= 0.3 is 12.1 Å². The molecule has 0 aromatic rings. The van der Waals surface area contributed by atoms with E-state index in [9.17, 15) is 9.59 Å². The van der Waals surface area contributed by atoms with E-state index in [0.29, 0.717) is 6.42 Å². The number of carbonyl (C=O) groups excluding carboxylic acids is 1. The number of carboxylic acids is 1. The quantitative estimate of drug-likeness (QED) is 0.666. The molecule has 1 rings (SSSR count). The smallest absolute Gasteiger partial charge is 0.407 e. The van der Waals surface area contributed by atoms with Gasteiger partial charge in [-0.25, -0.2) is 4.79 Å². The molecule has 0 aromatic carbocycles. The first-order chi connectivity index (χ1) is 7.63. The Morgan fingerprint density at radius 2 is 2.38 bits per heavy atom. The second-order valence-electron chi connectivity index (χ2n) is 3.49. The average Bonchev–Trinajstić information content (AvgIpc) is 2.72. The summed E-state index contributed by atoms with van der Waals surface area (Å²) in [5, 5.41) is 11.2. The zero-order valence-electron chi connectivity index (χ0n) is 8.85. The van der Waals surface area contributed by atoms with E-state index in [1.54, 1.807) is 0 Å². The molecule has 6 nitrogen and oxygen atoms in total. The second-order valence-corrected chi connectivity index (χ2v) is 3.49. The van der Waals surface area contributed by atoms with Crippen molar-refractivity contribution in [1.82, 2.24) is 5.32 Å². The number of aliphatic carboxylic acids is 1. The van der Waals surface area contributed by atoms with Gasteiger partial charge in [0.2, 0.25) is 0 Å². The van der Waals surface area contributed by atoms with Crippen LogP contribution in [0.2, 0.25) is 0 Å². The van der Waals surface area contributed by atoms with Crippen LogP contribution in [0, 0.1) is 5.92 Å². The van der Waals surface area contributed by atoms with Crippen molar-refractivity contribution in [2.24, 2.45) is 5.92 Å². The lowest BCUT2D eigenvalue weighted by molar-refractivity contribution is -0.141. The third kappa shape index (κ3) is 3.90. The number of nitrogens with one attached hydrogen (secondary N) is 1. The number of hydrogen-bond acceptors (Lipinski definition) is 4. The SMILES string of the molecule is C=CCOC(=O)NCC1CC(C(=O)O)CO1. The van der Waals surface area contributed by atoms with Crippen molar-refractivity contribution >= 4 is 12.1 Å². The molecule has 1 aliphatic rings. The summed E-state index contributed by atoms with van der Waals surface area (Å²) in [4.78, 5) is 21.6. The zero-order chi connectivity index (χ0) is 12.0. The molecule has 0 bridgehead atoms. The van der Waals surface area contributed by atoms with E-state index in [0.717, 1.165) is 0 Å². The summed E-state index contributed by atoms with van der Waals surface area (Å²) in [7, 11) is 0. The molecule has 2 atom stereocenters. The van der Waals surface area contributed by atoms with Gasteiger partial charge in [-0.15, -0.1) is 0 Å². The first-order valence-corrected chi connectivity index (χ1v) is 4.99. The van der Waals surface area contributed by atoms with Gasteiger partial charge in [0.25, 0.3) is 0 Å². The third-order valence-electron chi connectivity index (χ3n) is 2.24. The van der Waals surface area contributed by atoms with Crippen LogP contribution in [-0.2, 0) is 14.3 Å². The summed E-state index contributed by atoms with van der Waals surface area (Å²) < 4.78 is 9.90. The Kier molecular flexibility index (Phi) is 4.78. The molecule has 1 heterocycles. The Bertz CT molecular complexity index is 278. The van der Waals surface area contributed by atoms with Gasteiger partial charge in [0.05, 0.1) is 18.6 Å². The minimum Gasteiger partial charge on any atom is -0.481 e. The number of carboxylic acid groups (broad SMARTS) is 1. The summed E-state index contributed by atoms with van der Waals surface area (Å²) in [6, 6.07) is 0. The molecule has 2 N–H and O–H groups in total. The van der Waals surface area contributed by atoms with Crippen molar-refractivity contribution in [1.29, 1.82) is 0 Å². The van der Waals surface area contributed by atoms with Crippen molar-refractivity contribution in [3.05, 3.63) is 12.7 Å². The molecule has 1 aliphatic heterocycles. The van der Waals surface area contributed by atoms with Gasteiger partial charge in [-0.2, -0.15) is 0 Å². The predicted molar refractivity (Wildman–Crippen MR) is 55.0 cm³/mol. The largest absolute Gasteiger partial charge is 0.481 e. The average molecular weight is 229 g/mol. The second kappa shape index (κ2) is 6.12. The van der Waals surface area contributed by atoms with Crippen molar-refractivity contribution in [2.45, 2.75) is 12.5 Å². The maximum atomic E-state index is 11.0. The van der Waals surface area contributed by atoms with Crippen molar-refractivity contribution in [2.75, 3.05) is 19.8 Å². The van der Waals surface area contributed by atoms with Gasteiger partial charge in [-0.05, 0) is 6.42 Å². The van der Waals surface area contributed by atoms with E-state index < -0.39 is 18.0 Å². The highest BCUT2D eigenvalue weighted by atomic mass is 16.5. The molecule has 90 valence electrons. The zero-order valence-corrected chi connectivity index (χ0v) is 8.85. The fourth-order valence-corrected chi connectivity index (χ4v) is 1.40. The summed E-state index contributed by atoms with van der Waals surface area (Å²) in [5.74, 6) is -1.34. The van der Waals surface area contributed by atoms with Gasteiger partial charge in [-0.3, -0.25) is 4.79 Å². The normalized spacial score (nSPS) is 23.8. The summed E-state index contributed by atoms with van der Waals surface area (Å²) in [6.45, 7) is 4.01. The van der Waals surface area contributed by atoms with Crippen LogP contribution in [-0.4, -0.2) is 43.0 Å². The van der Waals surface area contributed by atoms with Crippen molar-refractivity contribution in [3.8, 4) is 0 Å². The molecular weight excluding hydrogens is 214 g/mol. The Morgan fingerprint density at radius 1 is 1.62 bits per heavy atom. The van der Waals surface area contributed by atoms with E-state index in [1.807, 2.05) is 0 Å². The fraction of sp³-hybridized carbons (Fsp3) is 0.600. The minimum atomic E-state index is -0.864. The van der Waals surface area contributed by atoms with E-state index in [-0.39, 0.29) is 25.9 Å². The first-order valence-electron chi connectivity index (χ1n) is 4.99. The van der Waals surface area contributed by atoms with E-state index in [2.05, 4.69) is 16.6 Å².